The average molecular weight is 359 g/mol. The first-order valence-electron chi connectivity index (χ1n) is 8.65. The van der Waals surface area contributed by atoms with Crippen LogP contribution in [0.3, 0.4) is 0 Å². The minimum Gasteiger partial charge on any atom is -0.497 e. The average Bonchev–Trinajstić information content (AvgIpc) is 2.89. The van der Waals surface area contributed by atoms with Crippen LogP contribution in [-0.2, 0) is 12.8 Å². The van der Waals surface area contributed by atoms with Gasteiger partial charge in [-0.25, -0.2) is 0 Å². The van der Waals surface area contributed by atoms with Crippen molar-refractivity contribution in [3.8, 4) is 5.75 Å². The van der Waals surface area contributed by atoms with Crippen molar-refractivity contribution in [3.05, 3.63) is 40.3 Å². The van der Waals surface area contributed by atoms with Gasteiger partial charge in [0.15, 0.2) is 0 Å². The molecule has 1 aromatic carbocycles. The Morgan fingerprint density at radius 1 is 1.28 bits per heavy atom. The van der Waals surface area contributed by atoms with E-state index in [0.29, 0.717) is 16.5 Å². The summed E-state index contributed by atoms with van der Waals surface area (Å²) in [6.45, 7) is 6.87. The second-order valence-electron chi connectivity index (χ2n) is 7.73. The maximum Gasteiger partial charge on any atom is 0.258 e. The molecule has 3 N–H and O–H groups in total. The molecular weight excluding hydrogens is 332 g/mol. The molecule has 1 atom stereocenters. The lowest BCUT2D eigenvalue weighted by Crippen LogP contribution is -2.27. The Balaban J connectivity index is 1.81. The lowest BCUT2D eigenvalue weighted by molar-refractivity contribution is 0.102. The van der Waals surface area contributed by atoms with Crippen LogP contribution in [0.2, 0.25) is 0 Å². The topological polar surface area (TPSA) is 64.3 Å². The molecule has 1 heterocycles. The van der Waals surface area contributed by atoms with Gasteiger partial charge in [0, 0.05) is 10.6 Å². The molecule has 3 rings (SSSR count). The van der Waals surface area contributed by atoms with Gasteiger partial charge in [-0.1, -0.05) is 20.8 Å². The number of fused-ring (bicyclic) bond motifs is 1. The van der Waals surface area contributed by atoms with Gasteiger partial charge in [-0.05, 0) is 60.4 Å². The summed E-state index contributed by atoms with van der Waals surface area (Å²) in [5.74, 6) is 1.28. The number of methoxy groups -OCH3 is 1. The van der Waals surface area contributed by atoms with Crippen molar-refractivity contribution in [2.24, 2.45) is 11.3 Å². The van der Waals surface area contributed by atoms with Crippen LogP contribution in [0.15, 0.2) is 24.3 Å². The third-order valence-corrected chi connectivity index (χ3v) is 6.18. The van der Waals surface area contributed by atoms with Crippen LogP contribution in [0, 0.1) is 11.3 Å². The summed E-state index contributed by atoms with van der Waals surface area (Å²) >= 11 is 1.58. The molecule has 0 radical (unpaired) electrons. The van der Waals surface area contributed by atoms with E-state index in [0.717, 1.165) is 36.3 Å². The molecule has 134 valence electrons. The summed E-state index contributed by atoms with van der Waals surface area (Å²) in [6.07, 6.45) is 3.05. The number of anilines is 2. The van der Waals surface area contributed by atoms with E-state index in [-0.39, 0.29) is 11.3 Å². The number of nitrogens with two attached hydrogens (primary N) is 1. The number of nitrogen functional groups attached to an aromatic ring is 1. The van der Waals surface area contributed by atoms with E-state index in [1.165, 1.54) is 4.88 Å². The minimum absolute atomic E-state index is 0.116. The molecule has 0 unspecified atom stereocenters. The first kappa shape index (κ1) is 17.8. The Bertz CT molecular complexity index is 772. The van der Waals surface area contributed by atoms with Crippen molar-refractivity contribution in [2.75, 3.05) is 18.2 Å². The monoisotopic (exact) mass is 358 g/mol. The van der Waals surface area contributed by atoms with Crippen LogP contribution in [-0.4, -0.2) is 13.0 Å². The number of amides is 1. The Kier molecular flexibility index (Phi) is 4.78. The van der Waals surface area contributed by atoms with Crippen LogP contribution in [0.4, 0.5) is 10.7 Å². The summed E-state index contributed by atoms with van der Waals surface area (Å²) in [5, 5.41) is 3.59. The SMILES string of the molecule is COc1ccc(NC(=O)c2c(N)sc3c2CC[C@H](C(C)(C)C)C3)cc1. The highest BCUT2D eigenvalue weighted by atomic mass is 32.1. The number of thiophene rings is 1. The number of hydrogen-bond donors (Lipinski definition) is 2. The van der Waals surface area contributed by atoms with E-state index in [9.17, 15) is 4.79 Å². The van der Waals surface area contributed by atoms with Crippen molar-refractivity contribution in [3.63, 3.8) is 0 Å². The zero-order chi connectivity index (χ0) is 18.2. The predicted octanol–water partition coefficient (Wildman–Crippen LogP) is 4.74. The number of rotatable bonds is 3. The molecule has 2 aromatic rings. The Labute approximate surface area is 153 Å². The highest BCUT2D eigenvalue weighted by Gasteiger charge is 2.33. The largest absolute Gasteiger partial charge is 0.497 e. The van der Waals surface area contributed by atoms with Gasteiger partial charge in [-0.15, -0.1) is 11.3 Å². The third kappa shape index (κ3) is 3.66. The van der Waals surface area contributed by atoms with E-state index in [1.807, 2.05) is 24.3 Å². The van der Waals surface area contributed by atoms with Crippen molar-refractivity contribution >= 4 is 27.9 Å². The van der Waals surface area contributed by atoms with Crippen LogP contribution in [0.1, 0.15) is 48.0 Å². The number of carbonyl (C=O) groups excluding carboxylic acids is 1. The number of nitrogens with one attached hydrogen (secondary N) is 1. The van der Waals surface area contributed by atoms with Gasteiger partial charge < -0.3 is 15.8 Å². The fraction of sp³-hybridized carbons (Fsp3) is 0.450. The summed E-state index contributed by atoms with van der Waals surface area (Å²) in [6, 6.07) is 7.33. The normalized spacial score (nSPS) is 17.0. The minimum atomic E-state index is -0.116. The number of ether oxygens (including phenoxy) is 1. The second-order valence-corrected chi connectivity index (χ2v) is 8.87. The molecule has 1 aromatic heterocycles. The molecule has 1 aliphatic rings. The molecule has 25 heavy (non-hydrogen) atoms. The van der Waals surface area contributed by atoms with Gasteiger partial charge in [0.2, 0.25) is 0 Å². The van der Waals surface area contributed by atoms with E-state index in [2.05, 4.69) is 26.1 Å². The van der Waals surface area contributed by atoms with Crippen molar-refractivity contribution in [1.29, 1.82) is 0 Å². The summed E-state index contributed by atoms with van der Waals surface area (Å²) in [5.41, 5.74) is 9.05. The lowest BCUT2D eigenvalue weighted by Gasteiger charge is -2.33. The molecule has 0 bridgehead atoms. The van der Waals surface area contributed by atoms with E-state index >= 15 is 0 Å². The Morgan fingerprint density at radius 3 is 2.56 bits per heavy atom. The highest BCUT2D eigenvalue weighted by Crippen LogP contribution is 2.43. The lowest BCUT2D eigenvalue weighted by atomic mass is 9.72. The molecular formula is C20H26N2O2S. The molecule has 5 heteroatoms. The number of benzene rings is 1. The molecule has 0 aliphatic heterocycles. The van der Waals surface area contributed by atoms with Gasteiger partial charge in [-0.3, -0.25) is 4.79 Å². The Morgan fingerprint density at radius 2 is 1.96 bits per heavy atom. The third-order valence-electron chi connectivity index (χ3n) is 5.09. The Hall–Kier alpha value is -2.01. The highest BCUT2D eigenvalue weighted by molar-refractivity contribution is 7.16. The predicted molar refractivity (Wildman–Crippen MR) is 105 cm³/mol. The van der Waals surface area contributed by atoms with Crippen LogP contribution in [0.5, 0.6) is 5.75 Å². The van der Waals surface area contributed by atoms with Crippen molar-refractivity contribution in [2.45, 2.75) is 40.0 Å². The standard InChI is InChI=1S/C20H26N2O2S/c1-20(2,3)12-5-10-15-16(11-12)25-18(21)17(15)19(23)22-13-6-8-14(24-4)9-7-13/h6-9,12H,5,10-11,21H2,1-4H3,(H,22,23)/t12-/m0/s1. The van der Waals surface area contributed by atoms with Gasteiger partial charge in [0.25, 0.3) is 5.91 Å². The molecule has 1 aliphatic carbocycles. The number of hydrogen-bond acceptors (Lipinski definition) is 4. The second kappa shape index (κ2) is 6.71. The fourth-order valence-electron chi connectivity index (χ4n) is 3.46. The zero-order valence-electron chi connectivity index (χ0n) is 15.3. The quantitative estimate of drug-likeness (QED) is 0.833. The van der Waals surface area contributed by atoms with E-state index in [4.69, 9.17) is 10.5 Å². The van der Waals surface area contributed by atoms with Crippen LogP contribution >= 0.6 is 11.3 Å². The molecule has 0 saturated heterocycles. The first-order valence-corrected chi connectivity index (χ1v) is 9.46. The van der Waals surface area contributed by atoms with Gasteiger partial charge in [0.05, 0.1) is 17.7 Å². The first-order chi connectivity index (χ1) is 11.8. The molecule has 0 saturated carbocycles. The summed E-state index contributed by atoms with van der Waals surface area (Å²) in [7, 11) is 1.62. The van der Waals surface area contributed by atoms with Gasteiger partial charge in [0.1, 0.15) is 5.75 Å². The van der Waals surface area contributed by atoms with E-state index in [1.54, 1.807) is 18.4 Å². The number of carbonyl (C=O) groups is 1. The molecule has 4 nitrogen and oxygen atoms in total. The zero-order valence-corrected chi connectivity index (χ0v) is 16.1. The van der Waals surface area contributed by atoms with Gasteiger partial charge >= 0.3 is 0 Å². The molecule has 1 amide bonds. The van der Waals surface area contributed by atoms with Crippen LogP contribution < -0.4 is 15.8 Å². The van der Waals surface area contributed by atoms with Crippen LogP contribution in [0.25, 0.3) is 0 Å². The molecule has 0 fully saturated rings. The van der Waals surface area contributed by atoms with E-state index < -0.39 is 0 Å². The van der Waals surface area contributed by atoms with Crippen molar-refractivity contribution < 1.29 is 9.53 Å². The summed E-state index contributed by atoms with van der Waals surface area (Å²) in [4.78, 5) is 14.1. The maximum absolute atomic E-state index is 12.8. The smallest absolute Gasteiger partial charge is 0.258 e. The fourth-order valence-corrected chi connectivity index (χ4v) is 4.66. The van der Waals surface area contributed by atoms with Gasteiger partial charge in [-0.2, -0.15) is 0 Å². The maximum atomic E-state index is 12.8. The van der Waals surface area contributed by atoms with Crippen molar-refractivity contribution in [1.82, 2.24) is 0 Å². The summed E-state index contributed by atoms with van der Waals surface area (Å²) < 4.78 is 5.15. The molecule has 0 spiro atoms.